The summed E-state index contributed by atoms with van der Waals surface area (Å²) < 4.78 is 15.5. The Morgan fingerprint density at radius 2 is 1.82 bits per heavy atom. The molecule has 0 aliphatic rings. The number of benzene rings is 2. The first kappa shape index (κ1) is 15.5. The second-order valence-electron chi connectivity index (χ2n) is 4.38. The van der Waals surface area contributed by atoms with Gasteiger partial charge in [-0.15, -0.1) is 4.91 Å². The van der Waals surface area contributed by atoms with Gasteiger partial charge < -0.3 is 14.2 Å². The molecule has 0 fully saturated rings. The first-order valence-electron chi connectivity index (χ1n) is 6.50. The SMILES string of the molecule is COC(=O)c1cc(OC)c(OCc2ccccc2)cc1N=O. The lowest BCUT2D eigenvalue weighted by molar-refractivity contribution is 0.0601. The maximum absolute atomic E-state index is 11.6. The van der Waals surface area contributed by atoms with Gasteiger partial charge in [0.25, 0.3) is 0 Å². The number of ether oxygens (including phenoxy) is 3. The first-order chi connectivity index (χ1) is 10.7. The van der Waals surface area contributed by atoms with Crippen molar-refractivity contribution in [3.05, 3.63) is 58.5 Å². The number of carbonyl (C=O) groups is 1. The molecule has 0 N–H and O–H groups in total. The van der Waals surface area contributed by atoms with Crippen LogP contribution in [0.5, 0.6) is 11.5 Å². The van der Waals surface area contributed by atoms with Crippen LogP contribution in [-0.4, -0.2) is 20.2 Å². The molecular weight excluding hydrogens is 286 g/mol. The highest BCUT2D eigenvalue weighted by molar-refractivity contribution is 5.95. The highest BCUT2D eigenvalue weighted by Gasteiger charge is 2.18. The molecule has 0 aliphatic heterocycles. The van der Waals surface area contributed by atoms with E-state index in [9.17, 15) is 9.70 Å². The van der Waals surface area contributed by atoms with Crippen LogP contribution >= 0.6 is 0 Å². The van der Waals surface area contributed by atoms with E-state index in [1.807, 2.05) is 30.3 Å². The van der Waals surface area contributed by atoms with Crippen molar-refractivity contribution in [2.75, 3.05) is 14.2 Å². The Bertz CT molecular complexity index is 670. The van der Waals surface area contributed by atoms with Gasteiger partial charge >= 0.3 is 5.97 Å². The molecule has 0 aromatic heterocycles. The summed E-state index contributed by atoms with van der Waals surface area (Å²) in [6.07, 6.45) is 0. The topological polar surface area (TPSA) is 74.2 Å². The highest BCUT2D eigenvalue weighted by Crippen LogP contribution is 2.35. The van der Waals surface area contributed by atoms with Crippen LogP contribution in [0.4, 0.5) is 5.69 Å². The summed E-state index contributed by atoms with van der Waals surface area (Å²) in [6, 6.07) is 12.3. The van der Waals surface area contributed by atoms with E-state index in [1.165, 1.54) is 26.4 Å². The molecular formula is C16H15NO5. The normalized spacial score (nSPS) is 9.91. The number of methoxy groups -OCH3 is 2. The number of hydrogen-bond donors (Lipinski definition) is 0. The van der Waals surface area contributed by atoms with Gasteiger partial charge in [0, 0.05) is 12.1 Å². The van der Waals surface area contributed by atoms with Crippen molar-refractivity contribution in [3.8, 4) is 11.5 Å². The van der Waals surface area contributed by atoms with Gasteiger partial charge in [0.1, 0.15) is 12.3 Å². The molecule has 0 radical (unpaired) electrons. The van der Waals surface area contributed by atoms with E-state index in [1.54, 1.807) is 0 Å². The predicted molar refractivity (Wildman–Crippen MR) is 80.6 cm³/mol. The molecule has 0 atom stereocenters. The summed E-state index contributed by atoms with van der Waals surface area (Å²) in [4.78, 5) is 22.6. The minimum atomic E-state index is -0.664. The van der Waals surface area contributed by atoms with E-state index in [-0.39, 0.29) is 11.3 Å². The van der Waals surface area contributed by atoms with Crippen LogP contribution in [0.25, 0.3) is 0 Å². The summed E-state index contributed by atoms with van der Waals surface area (Å²) in [5.41, 5.74) is 0.930. The number of hydrogen-bond acceptors (Lipinski definition) is 6. The Labute approximate surface area is 127 Å². The average molecular weight is 301 g/mol. The van der Waals surface area contributed by atoms with Crippen molar-refractivity contribution < 1.29 is 19.0 Å². The van der Waals surface area contributed by atoms with Crippen molar-refractivity contribution >= 4 is 11.7 Å². The third-order valence-electron chi connectivity index (χ3n) is 3.02. The summed E-state index contributed by atoms with van der Waals surface area (Å²) in [6.45, 7) is 0.299. The Morgan fingerprint density at radius 3 is 2.41 bits per heavy atom. The summed E-state index contributed by atoms with van der Waals surface area (Å²) in [7, 11) is 2.67. The van der Waals surface area contributed by atoms with Crippen molar-refractivity contribution in [2.24, 2.45) is 5.18 Å². The van der Waals surface area contributed by atoms with E-state index in [0.29, 0.717) is 18.1 Å². The van der Waals surface area contributed by atoms with Crippen LogP contribution in [0.3, 0.4) is 0 Å². The largest absolute Gasteiger partial charge is 0.493 e. The van der Waals surface area contributed by atoms with Gasteiger partial charge in [0.15, 0.2) is 11.5 Å². The van der Waals surface area contributed by atoms with Crippen LogP contribution in [0.2, 0.25) is 0 Å². The third kappa shape index (κ3) is 3.41. The molecule has 6 heteroatoms. The molecule has 2 aromatic carbocycles. The molecule has 2 aromatic rings. The summed E-state index contributed by atoms with van der Waals surface area (Å²) >= 11 is 0. The highest BCUT2D eigenvalue weighted by atomic mass is 16.5. The second-order valence-corrected chi connectivity index (χ2v) is 4.38. The fraction of sp³-hybridized carbons (Fsp3) is 0.188. The maximum atomic E-state index is 11.6. The number of carbonyl (C=O) groups excluding carboxylic acids is 1. The number of rotatable bonds is 6. The fourth-order valence-electron chi connectivity index (χ4n) is 1.91. The Hall–Kier alpha value is -2.89. The Morgan fingerprint density at radius 1 is 1.09 bits per heavy atom. The van der Waals surface area contributed by atoms with Gasteiger partial charge in [-0.05, 0) is 10.7 Å². The predicted octanol–water partition coefficient (Wildman–Crippen LogP) is 3.46. The van der Waals surface area contributed by atoms with Crippen molar-refractivity contribution in [1.29, 1.82) is 0 Å². The molecule has 0 unspecified atom stereocenters. The molecule has 2 rings (SSSR count). The lowest BCUT2D eigenvalue weighted by Gasteiger charge is -2.13. The first-order valence-corrected chi connectivity index (χ1v) is 6.50. The quantitative estimate of drug-likeness (QED) is 0.603. The van der Waals surface area contributed by atoms with Gasteiger partial charge in [0.2, 0.25) is 0 Å². The van der Waals surface area contributed by atoms with Crippen molar-refractivity contribution in [2.45, 2.75) is 6.61 Å². The minimum Gasteiger partial charge on any atom is -0.493 e. The van der Waals surface area contributed by atoms with Gasteiger partial charge in [-0.1, -0.05) is 30.3 Å². The standard InChI is InChI=1S/C16H15NO5/c1-20-14-8-12(16(18)21-2)13(17-19)9-15(14)22-10-11-6-4-3-5-7-11/h3-9H,10H2,1-2H3. The zero-order valence-electron chi connectivity index (χ0n) is 12.2. The van der Waals surface area contributed by atoms with E-state index in [4.69, 9.17) is 9.47 Å². The monoisotopic (exact) mass is 301 g/mol. The van der Waals surface area contributed by atoms with E-state index >= 15 is 0 Å². The Kier molecular flexibility index (Phi) is 5.08. The molecule has 0 amide bonds. The average Bonchev–Trinajstić information content (AvgIpc) is 2.59. The van der Waals surface area contributed by atoms with Crippen molar-refractivity contribution in [1.82, 2.24) is 0 Å². The molecule has 0 heterocycles. The van der Waals surface area contributed by atoms with Gasteiger partial charge in [-0.25, -0.2) is 4.79 Å². The molecule has 114 valence electrons. The lowest BCUT2D eigenvalue weighted by atomic mass is 10.1. The zero-order chi connectivity index (χ0) is 15.9. The Balaban J connectivity index is 2.30. The smallest absolute Gasteiger partial charge is 0.340 e. The molecule has 0 bridgehead atoms. The fourth-order valence-corrected chi connectivity index (χ4v) is 1.91. The third-order valence-corrected chi connectivity index (χ3v) is 3.02. The van der Waals surface area contributed by atoms with Crippen LogP contribution in [0, 0.1) is 4.91 Å². The molecule has 0 saturated heterocycles. The van der Waals surface area contributed by atoms with Gasteiger partial charge in [-0.3, -0.25) is 0 Å². The molecule has 6 nitrogen and oxygen atoms in total. The number of nitrogens with zero attached hydrogens (tertiary/aromatic N) is 1. The van der Waals surface area contributed by atoms with Crippen LogP contribution in [0.1, 0.15) is 15.9 Å². The van der Waals surface area contributed by atoms with Crippen LogP contribution in [-0.2, 0) is 11.3 Å². The van der Waals surface area contributed by atoms with Gasteiger partial charge in [-0.2, -0.15) is 0 Å². The van der Waals surface area contributed by atoms with Gasteiger partial charge in [0.05, 0.1) is 19.8 Å². The number of esters is 1. The van der Waals surface area contributed by atoms with E-state index in [0.717, 1.165) is 5.56 Å². The maximum Gasteiger partial charge on any atom is 0.340 e. The number of nitroso groups, excluding NO2 is 1. The van der Waals surface area contributed by atoms with E-state index < -0.39 is 5.97 Å². The minimum absolute atomic E-state index is 0.0291. The lowest BCUT2D eigenvalue weighted by Crippen LogP contribution is -2.04. The zero-order valence-corrected chi connectivity index (χ0v) is 12.2. The second kappa shape index (κ2) is 7.21. The molecule has 22 heavy (non-hydrogen) atoms. The van der Waals surface area contributed by atoms with Crippen LogP contribution in [0.15, 0.2) is 47.6 Å². The molecule has 0 aliphatic carbocycles. The molecule has 0 spiro atoms. The summed E-state index contributed by atoms with van der Waals surface area (Å²) in [5, 5.41) is 2.84. The molecule has 0 saturated carbocycles. The van der Waals surface area contributed by atoms with E-state index in [2.05, 4.69) is 9.91 Å². The van der Waals surface area contributed by atoms with Crippen LogP contribution < -0.4 is 9.47 Å². The summed E-state index contributed by atoms with van der Waals surface area (Å²) in [5.74, 6) is -0.0140. The van der Waals surface area contributed by atoms with Crippen molar-refractivity contribution in [3.63, 3.8) is 0 Å².